The molecule has 0 spiro atoms. The Balaban J connectivity index is 1.51. The summed E-state index contributed by atoms with van der Waals surface area (Å²) in [5, 5.41) is 0. The van der Waals surface area contributed by atoms with Crippen molar-refractivity contribution in [2.24, 2.45) is 11.7 Å². The summed E-state index contributed by atoms with van der Waals surface area (Å²) in [6.07, 6.45) is 5.69. The smallest absolute Gasteiger partial charge is 0.267 e. The summed E-state index contributed by atoms with van der Waals surface area (Å²) in [7, 11) is 0. The van der Waals surface area contributed by atoms with Crippen LogP contribution in [0.15, 0.2) is 30.6 Å². The third-order valence-corrected chi connectivity index (χ3v) is 6.07. The lowest BCUT2D eigenvalue weighted by Gasteiger charge is -2.29. The van der Waals surface area contributed by atoms with Gasteiger partial charge < -0.3 is 21.1 Å². The van der Waals surface area contributed by atoms with Crippen molar-refractivity contribution in [1.29, 1.82) is 0 Å². The van der Waals surface area contributed by atoms with E-state index >= 15 is 0 Å². The molecule has 1 aliphatic carbocycles. The predicted octanol–water partition coefficient (Wildman–Crippen LogP) is 2.64. The molecular weight excluding hydrogens is 382 g/mol. The average molecular weight is 409 g/mol. The lowest BCUT2D eigenvalue weighted by molar-refractivity contribution is -0.119. The molecule has 1 aromatic carbocycles. The Kier molecular flexibility index (Phi) is 5.57. The van der Waals surface area contributed by atoms with Crippen molar-refractivity contribution in [3.05, 3.63) is 41.7 Å². The number of benzene rings is 1. The molecule has 2 aromatic rings. The maximum Gasteiger partial charge on any atom is 0.267 e. The number of fused-ring (bicyclic) bond motifs is 1. The van der Waals surface area contributed by atoms with Crippen LogP contribution in [0.4, 0.5) is 11.5 Å². The lowest BCUT2D eigenvalue weighted by Crippen LogP contribution is -2.36. The molecular formula is C22H27N5O3. The van der Waals surface area contributed by atoms with E-state index in [2.05, 4.69) is 22.1 Å². The van der Waals surface area contributed by atoms with E-state index < -0.39 is 0 Å². The minimum Gasteiger partial charge on any atom is -0.472 e. The number of amides is 2. The van der Waals surface area contributed by atoms with Crippen LogP contribution in [0.25, 0.3) is 0 Å². The largest absolute Gasteiger partial charge is 0.472 e. The standard InChI is InChI=1S/C22H27N5O3/c1-13-11-27(22(29)19-20(24)25-12-26-21(19)30-13)17-8-6-16(7-9-17)15-4-2-14(3-5-15)10-18(23)28/h6-9,12-15H,2-5,10-11H2,1H3,(H2,23,28)(H2,24,25,26). The number of nitrogens with zero attached hydrogens (tertiary/aromatic N) is 3. The number of primary amides is 1. The van der Waals surface area contributed by atoms with E-state index in [1.54, 1.807) is 4.90 Å². The van der Waals surface area contributed by atoms with E-state index in [0.717, 1.165) is 31.4 Å². The van der Waals surface area contributed by atoms with E-state index in [0.29, 0.717) is 24.8 Å². The van der Waals surface area contributed by atoms with Gasteiger partial charge in [0.1, 0.15) is 23.8 Å². The first-order valence-electron chi connectivity index (χ1n) is 10.4. The highest BCUT2D eigenvalue weighted by Crippen LogP contribution is 2.38. The number of nitrogen functional groups attached to an aromatic ring is 1. The Labute approximate surface area is 175 Å². The van der Waals surface area contributed by atoms with Crippen LogP contribution in [-0.2, 0) is 4.79 Å². The number of carbonyl (C=O) groups excluding carboxylic acids is 2. The molecule has 0 saturated heterocycles. The van der Waals surface area contributed by atoms with E-state index in [9.17, 15) is 9.59 Å². The minimum absolute atomic E-state index is 0.119. The molecule has 2 aliphatic rings. The number of carbonyl (C=O) groups is 2. The van der Waals surface area contributed by atoms with Crippen molar-refractivity contribution in [3.8, 4) is 5.88 Å². The third kappa shape index (κ3) is 4.08. The zero-order valence-electron chi connectivity index (χ0n) is 17.1. The number of hydrogen-bond acceptors (Lipinski definition) is 6. The van der Waals surface area contributed by atoms with E-state index in [1.165, 1.54) is 11.9 Å². The molecule has 0 bridgehead atoms. The molecule has 4 N–H and O–H groups in total. The molecule has 1 unspecified atom stereocenters. The average Bonchev–Trinajstić information content (AvgIpc) is 2.85. The van der Waals surface area contributed by atoms with Crippen LogP contribution in [0.5, 0.6) is 5.88 Å². The van der Waals surface area contributed by atoms with Gasteiger partial charge in [-0.05, 0) is 62.1 Å². The van der Waals surface area contributed by atoms with Gasteiger partial charge in [-0.1, -0.05) is 12.1 Å². The maximum absolute atomic E-state index is 13.2. The fourth-order valence-electron chi connectivity index (χ4n) is 4.51. The summed E-state index contributed by atoms with van der Waals surface area (Å²) in [5.74, 6) is 0.750. The summed E-state index contributed by atoms with van der Waals surface area (Å²) in [4.78, 5) is 34.0. The molecule has 2 heterocycles. The number of hydrogen-bond donors (Lipinski definition) is 2. The molecule has 0 radical (unpaired) electrons. The second-order valence-electron chi connectivity index (χ2n) is 8.26. The quantitative estimate of drug-likeness (QED) is 0.800. The van der Waals surface area contributed by atoms with Crippen molar-refractivity contribution < 1.29 is 14.3 Å². The van der Waals surface area contributed by atoms with Crippen LogP contribution >= 0.6 is 0 Å². The first kappa shape index (κ1) is 20.1. The Morgan fingerprint density at radius 1 is 1.17 bits per heavy atom. The molecule has 1 atom stereocenters. The van der Waals surface area contributed by atoms with E-state index in [-0.39, 0.29) is 35.2 Å². The third-order valence-electron chi connectivity index (χ3n) is 6.07. The Hall–Kier alpha value is -3.16. The normalized spacial score (nSPS) is 24.0. The first-order chi connectivity index (χ1) is 14.4. The molecule has 1 saturated carbocycles. The van der Waals surface area contributed by atoms with Crippen molar-refractivity contribution in [1.82, 2.24) is 9.97 Å². The second-order valence-corrected chi connectivity index (χ2v) is 8.26. The van der Waals surface area contributed by atoms with Crippen LogP contribution in [0, 0.1) is 5.92 Å². The highest BCUT2D eigenvalue weighted by molar-refractivity contribution is 6.10. The zero-order chi connectivity index (χ0) is 21.3. The first-order valence-corrected chi connectivity index (χ1v) is 10.4. The number of rotatable bonds is 4. The lowest BCUT2D eigenvalue weighted by atomic mass is 9.77. The van der Waals surface area contributed by atoms with Gasteiger partial charge >= 0.3 is 0 Å². The van der Waals surface area contributed by atoms with Gasteiger partial charge in [0.15, 0.2) is 0 Å². The maximum atomic E-state index is 13.2. The summed E-state index contributed by atoms with van der Waals surface area (Å²) >= 11 is 0. The molecule has 158 valence electrons. The van der Waals surface area contributed by atoms with E-state index in [1.807, 2.05) is 19.1 Å². The van der Waals surface area contributed by atoms with Crippen molar-refractivity contribution in [2.75, 3.05) is 17.2 Å². The number of anilines is 2. The van der Waals surface area contributed by atoms with Gasteiger partial charge in [-0.3, -0.25) is 9.59 Å². The Morgan fingerprint density at radius 3 is 2.53 bits per heavy atom. The highest BCUT2D eigenvalue weighted by Gasteiger charge is 2.31. The fraction of sp³-hybridized carbons (Fsp3) is 0.455. The predicted molar refractivity (Wildman–Crippen MR) is 113 cm³/mol. The van der Waals surface area contributed by atoms with Gasteiger partial charge in [-0.2, -0.15) is 0 Å². The number of nitrogens with two attached hydrogens (primary N) is 2. The summed E-state index contributed by atoms with van der Waals surface area (Å²) in [6.45, 7) is 2.29. The number of aromatic nitrogens is 2. The molecule has 8 heteroatoms. The molecule has 1 aromatic heterocycles. The molecule has 4 rings (SSSR count). The zero-order valence-corrected chi connectivity index (χ0v) is 17.1. The highest BCUT2D eigenvalue weighted by atomic mass is 16.5. The molecule has 1 fully saturated rings. The Morgan fingerprint density at radius 2 is 1.87 bits per heavy atom. The number of ether oxygens (including phenoxy) is 1. The van der Waals surface area contributed by atoms with Gasteiger partial charge in [0.2, 0.25) is 11.8 Å². The van der Waals surface area contributed by atoms with Gasteiger partial charge in [0.25, 0.3) is 5.91 Å². The summed E-state index contributed by atoms with van der Waals surface area (Å²) < 4.78 is 5.79. The minimum atomic E-state index is -0.257. The van der Waals surface area contributed by atoms with Gasteiger partial charge in [-0.25, -0.2) is 9.97 Å². The van der Waals surface area contributed by atoms with Crippen LogP contribution in [0.2, 0.25) is 0 Å². The molecule has 1 aliphatic heterocycles. The fourth-order valence-corrected chi connectivity index (χ4v) is 4.51. The molecule has 8 nitrogen and oxygen atoms in total. The van der Waals surface area contributed by atoms with E-state index in [4.69, 9.17) is 16.2 Å². The van der Waals surface area contributed by atoms with Crippen LogP contribution < -0.4 is 21.1 Å². The second kappa shape index (κ2) is 8.30. The van der Waals surface area contributed by atoms with Crippen molar-refractivity contribution in [2.45, 2.75) is 51.0 Å². The topological polar surface area (TPSA) is 124 Å². The SMILES string of the molecule is CC1CN(c2ccc(C3CCC(CC(N)=O)CC3)cc2)C(=O)c2c(N)ncnc2O1. The monoisotopic (exact) mass is 409 g/mol. The molecule has 2 amide bonds. The van der Waals surface area contributed by atoms with Crippen LogP contribution in [0.1, 0.15) is 60.9 Å². The summed E-state index contributed by atoms with van der Waals surface area (Å²) in [6, 6.07) is 8.12. The van der Waals surface area contributed by atoms with Gasteiger partial charge in [-0.15, -0.1) is 0 Å². The van der Waals surface area contributed by atoms with Crippen molar-refractivity contribution in [3.63, 3.8) is 0 Å². The van der Waals surface area contributed by atoms with Gasteiger partial charge in [0.05, 0.1) is 6.54 Å². The van der Waals surface area contributed by atoms with Crippen molar-refractivity contribution >= 4 is 23.3 Å². The van der Waals surface area contributed by atoms with Crippen LogP contribution in [-0.4, -0.2) is 34.4 Å². The Bertz CT molecular complexity index is 938. The van der Waals surface area contributed by atoms with Crippen LogP contribution in [0.3, 0.4) is 0 Å². The summed E-state index contributed by atoms with van der Waals surface area (Å²) in [5.41, 5.74) is 13.5. The van der Waals surface area contributed by atoms with Gasteiger partial charge in [0, 0.05) is 12.1 Å². The molecule has 30 heavy (non-hydrogen) atoms.